The van der Waals surface area contributed by atoms with Gasteiger partial charge in [-0.3, -0.25) is 19.7 Å². The van der Waals surface area contributed by atoms with E-state index in [-0.39, 0.29) is 12.1 Å². The summed E-state index contributed by atoms with van der Waals surface area (Å²) in [5.41, 5.74) is 0.584. The van der Waals surface area contributed by atoms with Crippen molar-refractivity contribution in [2.24, 2.45) is 0 Å². The average Bonchev–Trinajstić information content (AvgIpc) is 2.28. The molecule has 0 aliphatic carbocycles. The molecule has 0 saturated heterocycles. The van der Waals surface area contributed by atoms with Crippen molar-refractivity contribution in [3.05, 3.63) is 39.9 Å². The first-order valence-electron chi connectivity index (χ1n) is 5.02. The van der Waals surface area contributed by atoms with Crippen LogP contribution in [0.25, 0.3) is 0 Å². The average molecular weight is 272 g/mol. The molecule has 1 aromatic carbocycles. The Morgan fingerprint density at radius 3 is 2.33 bits per heavy atom. The second-order valence-corrected chi connectivity index (χ2v) is 4.16. The minimum Gasteiger partial charge on any atom is -0.481 e. The number of nitro benzene ring substituents is 1. The fraction of sp³-hybridized carbons (Fsp3) is 0.273. The first kappa shape index (κ1) is 14.1. The largest absolute Gasteiger partial charge is 0.481 e. The molecule has 0 saturated carbocycles. The van der Waals surface area contributed by atoms with E-state index < -0.39 is 28.5 Å². The van der Waals surface area contributed by atoms with Crippen LogP contribution in [0.4, 0.5) is 5.69 Å². The molecule has 0 aliphatic rings. The summed E-state index contributed by atoms with van der Waals surface area (Å²) in [6, 6.07) is 5.59. The van der Waals surface area contributed by atoms with Crippen molar-refractivity contribution in [3.63, 3.8) is 0 Å². The number of carbonyl (C=O) groups is 2. The highest BCUT2D eigenvalue weighted by Crippen LogP contribution is 2.15. The maximum absolute atomic E-state index is 11.3. The second kappa shape index (κ2) is 6.11. The van der Waals surface area contributed by atoms with Gasteiger partial charge in [-0.15, -0.1) is 11.6 Å². The van der Waals surface area contributed by atoms with Gasteiger partial charge in [0, 0.05) is 12.1 Å². The minimum absolute atomic E-state index is 0.0539. The molecule has 18 heavy (non-hydrogen) atoms. The lowest BCUT2D eigenvalue weighted by Crippen LogP contribution is -2.20. The number of hydrogen-bond donors (Lipinski definition) is 1. The molecule has 1 atom stereocenters. The van der Waals surface area contributed by atoms with E-state index in [1.165, 1.54) is 24.3 Å². The number of alkyl halides is 1. The summed E-state index contributed by atoms with van der Waals surface area (Å²) in [6.45, 7) is 0. The van der Waals surface area contributed by atoms with Crippen LogP contribution in [0.5, 0.6) is 0 Å². The predicted molar refractivity (Wildman–Crippen MR) is 63.7 cm³/mol. The third-order valence-electron chi connectivity index (χ3n) is 2.24. The number of ketones is 1. The quantitative estimate of drug-likeness (QED) is 0.368. The lowest BCUT2D eigenvalue weighted by Gasteiger charge is -2.06. The smallest absolute Gasteiger partial charge is 0.310 e. The number of benzene rings is 1. The van der Waals surface area contributed by atoms with E-state index in [0.29, 0.717) is 5.56 Å². The summed E-state index contributed by atoms with van der Waals surface area (Å²) < 4.78 is 0. The van der Waals surface area contributed by atoms with Gasteiger partial charge in [0.15, 0.2) is 5.78 Å². The van der Waals surface area contributed by atoms with Gasteiger partial charge in [0.1, 0.15) is 6.42 Å². The van der Waals surface area contributed by atoms with E-state index in [0.717, 1.165) is 0 Å². The maximum Gasteiger partial charge on any atom is 0.310 e. The number of carboxylic acids is 1. The molecule has 0 heterocycles. The molecular formula is C11H10ClNO5. The van der Waals surface area contributed by atoms with E-state index in [9.17, 15) is 19.7 Å². The molecule has 0 bridgehead atoms. The molecule has 6 nitrogen and oxygen atoms in total. The van der Waals surface area contributed by atoms with Gasteiger partial charge in [-0.25, -0.2) is 0 Å². The highest BCUT2D eigenvalue weighted by Gasteiger charge is 2.19. The Bertz CT molecular complexity index is 471. The van der Waals surface area contributed by atoms with Crippen molar-refractivity contribution in [1.29, 1.82) is 0 Å². The molecule has 0 fully saturated rings. The normalized spacial score (nSPS) is 11.8. The topological polar surface area (TPSA) is 97.5 Å². The Morgan fingerprint density at radius 1 is 1.33 bits per heavy atom. The first-order valence-corrected chi connectivity index (χ1v) is 5.45. The third kappa shape index (κ3) is 4.14. The maximum atomic E-state index is 11.3. The standard InChI is InChI=1S/C11H10ClNO5/c12-9(10(14)6-11(15)16)5-7-1-3-8(4-2-7)13(17)18/h1-4,9H,5-6H2,(H,15,16). The van der Waals surface area contributed by atoms with Crippen LogP contribution >= 0.6 is 11.6 Å². The van der Waals surface area contributed by atoms with Crippen LogP contribution in [-0.4, -0.2) is 27.2 Å². The van der Waals surface area contributed by atoms with Gasteiger partial charge in [0.05, 0.1) is 10.3 Å². The lowest BCUT2D eigenvalue weighted by atomic mass is 10.1. The van der Waals surface area contributed by atoms with Crippen molar-refractivity contribution < 1.29 is 19.6 Å². The summed E-state index contributed by atoms with van der Waals surface area (Å²) in [7, 11) is 0. The number of Topliss-reactive ketones (excluding diaryl/α,β-unsaturated/α-hetero) is 1. The number of carboxylic acid groups (broad SMARTS) is 1. The van der Waals surface area contributed by atoms with Crippen LogP contribution in [0.3, 0.4) is 0 Å². The number of non-ortho nitro benzene ring substituents is 1. The number of nitrogens with zero attached hydrogens (tertiary/aromatic N) is 1. The van der Waals surface area contributed by atoms with Crippen molar-refractivity contribution in [3.8, 4) is 0 Å². The van der Waals surface area contributed by atoms with Gasteiger partial charge < -0.3 is 5.11 Å². The van der Waals surface area contributed by atoms with E-state index in [1.807, 2.05) is 0 Å². The Labute approximate surface area is 107 Å². The highest BCUT2D eigenvalue weighted by molar-refractivity contribution is 6.32. The summed E-state index contributed by atoms with van der Waals surface area (Å²) >= 11 is 5.77. The molecular weight excluding hydrogens is 262 g/mol. The molecule has 0 spiro atoms. The van der Waals surface area contributed by atoms with Crippen LogP contribution in [0, 0.1) is 10.1 Å². The van der Waals surface area contributed by atoms with E-state index >= 15 is 0 Å². The fourth-order valence-corrected chi connectivity index (χ4v) is 1.59. The molecule has 0 amide bonds. The van der Waals surface area contributed by atoms with Crippen LogP contribution in [0.15, 0.2) is 24.3 Å². The van der Waals surface area contributed by atoms with E-state index in [1.54, 1.807) is 0 Å². The molecule has 0 aromatic heterocycles. The zero-order chi connectivity index (χ0) is 13.7. The molecule has 1 rings (SSSR count). The van der Waals surface area contributed by atoms with E-state index in [4.69, 9.17) is 16.7 Å². The molecule has 1 aromatic rings. The molecule has 0 radical (unpaired) electrons. The Kier molecular flexibility index (Phi) is 4.79. The van der Waals surface area contributed by atoms with Gasteiger partial charge in [0.25, 0.3) is 5.69 Å². The summed E-state index contributed by atoms with van der Waals surface area (Å²) in [4.78, 5) is 31.5. The van der Waals surface area contributed by atoms with E-state index in [2.05, 4.69) is 0 Å². The zero-order valence-corrected chi connectivity index (χ0v) is 9.96. The fourth-order valence-electron chi connectivity index (χ4n) is 1.33. The predicted octanol–water partition coefficient (Wildman–Crippen LogP) is 1.79. The highest BCUT2D eigenvalue weighted by atomic mass is 35.5. The number of rotatable bonds is 6. The summed E-state index contributed by atoms with van der Waals surface area (Å²) in [5.74, 6) is -1.81. The monoisotopic (exact) mass is 271 g/mol. The lowest BCUT2D eigenvalue weighted by molar-refractivity contribution is -0.384. The molecule has 0 aliphatic heterocycles. The first-order chi connectivity index (χ1) is 8.40. The molecule has 1 N–H and O–H groups in total. The second-order valence-electron chi connectivity index (χ2n) is 3.63. The van der Waals surface area contributed by atoms with Gasteiger partial charge in [0.2, 0.25) is 0 Å². The SMILES string of the molecule is O=C(O)CC(=O)C(Cl)Cc1ccc([N+](=O)[O-])cc1. The number of halogens is 1. The molecule has 96 valence electrons. The van der Waals surface area contributed by atoms with Gasteiger partial charge >= 0.3 is 5.97 Å². The summed E-state index contributed by atoms with van der Waals surface area (Å²) in [6.07, 6.45) is -0.479. The van der Waals surface area contributed by atoms with Gasteiger partial charge in [-0.05, 0) is 12.0 Å². The van der Waals surface area contributed by atoms with Crippen molar-refractivity contribution in [1.82, 2.24) is 0 Å². The van der Waals surface area contributed by atoms with Gasteiger partial charge in [-0.2, -0.15) is 0 Å². The van der Waals surface area contributed by atoms with Crippen LogP contribution in [-0.2, 0) is 16.0 Å². The van der Waals surface area contributed by atoms with Gasteiger partial charge in [-0.1, -0.05) is 12.1 Å². The van der Waals surface area contributed by atoms with Crippen molar-refractivity contribution in [2.45, 2.75) is 18.2 Å². The molecule has 1 unspecified atom stereocenters. The summed E-state index contributed by atoms with van der Waals surface area (Å²) in [5, 5.41) is 17.9. The number of nitro groups is 1. The number of aliphatic carboxylic acids is 1. The number of carbonyl (C=O) groups excluding carboxylic acids is 1. The Hall–Kier alpha value is -1.95. The molecule has 7 heteroatoms. The Morgan fingerprint density at radius 2 is 1.89 bits per heavy atom. The van der Waals surface area contributed by atoms with Crippen molar-refractivity contribution >= 4 is 29.0 Å². The Balaban J connectivity index is 2.64. The van der Waals surface area contributed by atoms with Crippen LogP contribution in [0.1, 0.15) is 12.0 Å². The van der Waals surface area contributed by atoms with Crippen molar-refractivity contribution in [2.75, 3.05) is 0 Å². The number of hydrogen-bond acceptors (Lipinski definition) is 4. The zero-order valence-electron chi connectivity index (χ0n) is 9.21. The van der Waals surface area contributed by atoms with Crippen LogP contribution < -0.4 is 0 Å². The minimum atomic E-state index is -1.23. The third-order valence-corrected chi connectivity index (χ3v) is 2.63. The van der Waals surface area contributed by atoms with Crippen LogP contribution in [0.2, 0.25) is 0 Å².